The van der Waals surface area contributed by atoms with Crippen molar-refractivity contribution in [2.45, 2.75) is 40.2 Å². The average Bonchev–Trinajstić information content (AvgIpc) is 1.87. The van der Waals surface area contributed by atoms with Crippen LogP contribution in [0.2, 0.25) is 0 Å². The molecule has 0 unspecified atom stereocenters. The fourth-order valence-electron chi connectivity index (χ4n) is 1.07. The van der Waals surface area contributed by atoms with Gasteiger partial charge in [0.25, 0.3) is 0 Å². The molecule has 0 aromatic carbocycles. The second kappa shape index (κ2) is 4.73. The van der Waals surface area contributed by atoms with Crippen LogP contribution in [0.3, 0.4) is 0 Å². The molecule has 1 heteroatoms. The van der Waals surface area contributed by atoms with E-state index in [9.17, 15) is 0 Å². The van der Waals surface area contributed by atoms with Crippen molar-refractivity contribution in [2.24, 2.45) is 5.92 Å². The fraction of sp³-hybridized carbons (Fsp3) is 1.00. The van der Waals surface area contributed by atoms with Crippen molar-refractivity contribution < 1.29 is 0 Å². The lowest BCUT2D eigenvalue weighted by Crippen LogP contribution is -2.33. The highest BCUT2D eigenvalue weighted by molar-refractivity contribution is 4.65. The summed E-state index contributed by atoms with van der Waals surface area (Å²) in [6.07, 6.45) is 1.26. The molecule has 0 heterocycles. The van der Waals surface area contributed by atoms with Crippen LogP contribution in [-0.2, 0) is 0 Å². The molecule has 0 saturated heterocycles. The first-order valence-corrected chi connectivity index (χ1v) is 4.29. The van der Waals surface area contributed by atoms with E-state index in [-0.39, 0.29) is 0 Å². The van der Waals surface area contributed by atoms with E-state index in [1.807, 2.05) is 0 Å². The first kappa shape index (κ1) is 9.96. The Hall–Kier alpha value is -0.0400. The van der Waals surface area contributed by atoms with Crippen LogP contribution < -0.4 is 0 Å². The van der Waals surface area contributed by atoms with Crippen LogP contribution in [0.5, 0.6) is 0 Å². The molecule has 1 nitrogen and oxygen atoms in total. The Balaban J connectivity index is 3.58. The summed E-state index contributed by atoms with van der Waals surface area (Å²) in [6.45, 7) is 10.3. The van der Waals surface area contributed by atoms with E-state index in [1.54, 1.807) is 0 Å². The van der Waals surface area contributed by atoms with Crippen LogP contribution in [0.4, 0.5) is 0 Å². The summed E-state index contributed by atoms with van der Waals surface area (Å²) in [5.74, 6) is 0.775. The molecule has 0 aromatic rings. The Kier molecular flexibility index (Phi) is 4.71. The van der Waals surface area contributed by atoms with Gasteiger partial charge in [-0.25, -0.2) is 0 Å². The third-order valence-electron chi connectivity index (χ3n) is 2.24. The van der Waals surface area contributed by atoms with Crippen molar-refractivity contribution in [1.82, 2.24) is 4.90 Å². The Morgan fingerprint density at radius 2 is 1.70 bits per heavy atom. The minimum Gasteiger partial charge on any atom is -0.303 e. The summed E-state index contributed by atoms with van der Waals surface area (Å²) in [5.41, 5.74) is 0. The largest absolute Gasteiger partial charge is 0.303 e. The molecule has 0 amide bonds. The molecule has 0 bridgehead atoms. The van der Waals surface area contributed by atoms with Gasteiger partial charge in [0, 0.05) is 6.04 Å². The summed E-state index contributed by atoms with van der Waals surface area (Å²) >= 11 is 0. The quantitative estimate of drug-likeness (QED) is 0.584. The second-order valence-electron chi connectivity index (χ2n) is 3.47. The molecule has 0 radical (unpaired) electrons. The third kappa shape index (κ3) is 3.21. The minimum atomic E-state index is 0.722. The molecular formula is C9H21N. The summed E-state index contributed by atoms with van der Waals surface area (Å²) in [6, 6.07) is 0.722. The maximum Gasteiger partial charge on any atom is 0.00868 e. The molecule has 0 aliphatic rings. The second-order valence-corrected chi connectivity index (χ2v) is 3.47. The highest BCUT2D eigenvalue weighted by atomic mass is 15.1. The summed E-state index contributed by atoms with van der Waals surface area (Å²) in [4.78, 5) is 2.42. The van der Waals surface area contributed by atoms with E-state index < -0.39 is 0 Å². The summed E-state index contributed by atoms with van der Waals surface area (Å²) in [7, 11) is 2.20. The van der Waals surface area contributed by atoms with E-state index in [2.05, 4.69) is 39.6 Å². The van der Waals surface area contributed by atoms with Crippen molar-refractivity contribution in [2.75, 3.05) is 13.6 Å². The Morgan fingerprint density at radius 1 is 1.20 bits per heavy atom. The zero-order chi connectivity index (χ0) is 8.15. The summed E-state index contributed by atoms with van der Waals surface area (Å²) < 4.78 is 0. The van der Waals surface area contributed by atoms with Gasteiger partial charge in [-0.1, -0.05) is 20.8 Å². The molecule has 62 valence electrons. The van der Waals surface area contributed by atoms with Gasteiger partial charge >= 0.3 is 0 Å². The van der Waals surface area contributed by atoms with Crippen LogP contribution in [0.15, 0.2) is 0 Å². The minimum absolute atomic E-state index is 0.722. The average molecular weight is 143 g/mol. The van der Waals surface area contributed by atoms with Crippen LogP contribution >= 0.6 is 0 Å². The molecule has 0 spiro atoms. The monoisotopic (exact) mass is 143 g/mol. The smallest absolute Gasteiger partial charge is 0.00868 e. The van der Waals surface area contributed by atoms with Gasteiger partial charge in [0.15, 0.2) is 0 Å². The Labute approximate surface area is 65.4 Å². The van der Waals surface area contributed by atoms with Crippen molar-refractivity contribution in [1.29, 1.82) is 0 Å². The molecule has 0 saturated carbocycles. The van der Waals surface area contributed by atoms with Gasteiger partial charge in [-0.15, -0.1) is 0 Å². The topological polar surface area (TPSA) is 3.24 Å². The van der Waals surface area contributed by atoms with E-state index in [4.69, 9.17) is 0 Å². The van der Waals surface area contributed by atoms with E-state index >= 15 is 0 Å². The summed E-state index contributed by atoms with van der Waals surface area (Å²) in [5, 5.41) is 0. The SMILES string of the molecule is CCCN(C)[C@H](C)C(C)C. The molecule has 0 N–H and O–H groups in total. The van der Waals surface area contributed by atoms with Crippen LogP contribution in [0, 0.1) is 5.92 Å². The zero-order valence-electron chi connectivity index (χ0n) is 8.02. The standard InChI is InChI=1S/C9H21N/c1-6-7-10(5)9(4)8(2)3/h8-9H,6-7H2,1-5H3/t9-/m1/s1. The Morgan fingerprint density at radius 3 is 2.00 bits per heavy atom. The van der Waals surface area contributed by atoms with E-state index in [0.29, 0.717) is 0 Å². The number of nitrogens with zero attached hydrogens (tertiary/aromatic N) is 1. The van der Waals surface area contributed by atoms with Gasteiger partial charge in [-0.3, -0.25) is 0 Å². The van der Waals surface area contributed by atoms with E-state index in [0.717, 1.165) is 12.0 Å². The van der Waals surface area contributed by atoms with Gasteiger partial charge in [0.2, 0.25) is 0 Å². The number of rotatable bonds is 4. The van der Waals surface area contributed by atoms with Gasteiger partial charge in [-0.2, -0.15) is 0 Å². The lowest BCUT2D eigenvalue weighted by atomic mass is 10.1. The van der Waals surface area contributed by atoms with Crippen molar-refractivity contribution in [3.8, 4) is 0 Å². The van der Waals surface area contributed by atoms with Crippen molar-refractivity contribution in [3.05, 3.63) is 0 Å². The third-order valence-corrected chi connectivity index (χ3v) is 2.24. The molecule has 0 aliphatic heterocycles. The van der Waals surface area contributed by atoms with E-state index in [1.165, 1.54) is 13.0 Å². The molecule has 0 aliphatic carbocycles. The highest BCUT2D eigenvalue weighted by Gasteiger charge is 2.10. The first-order chi connectivity index (χ1) is 4.59. The maximum atomic E-state index is 2.42. The maximum absolute atomic E-state index is 2.42. The zero-order valence-corrected chi connectivity index (χ0v) is 8.02. The molecule has 0 fully saturated rings. The van der Waals surface area contributed by atoms with Crippen LogP contribution in [0.1, 0.15) is 34.1 Å². The van der Waals surface area contributed by atoms with Crippen molar-refractivity contribution >= 4 is 0 Å². The predicted molar refractivity (Wildman–Crippen MR) is 47.2 cm³/mol. The number of hydrogen-bond acceptors (Lipinski definition) is 1. The first-order valence-electron chi connectivity index (χ1n) is 4.29. The van der Waals surface area contributed by atoms with Crippen LogP contribution in [-0.4, -0.2) is 24.5 Å². The van der Waals surface area contributed by atoms with Gasteiger partial charge in [0.05, 0.1) is 0 Å². The fourth-order valence-corrected chi connectivity index (χ4v) is 1.07. The van der Waals surface area contributed by atoms with Crippen molar-refractivity contribution in [3.63, 3.8) is 0 Å². The van der Waals surface area contributed by atoms with Gasteiger partial charge < -0.3 is 4.90 Å². The molecule has 0 aromatic heterocycles. The number of hydrogen-bond donors (Lipinski definition) is 0. The molecular weight excluding hydrogens is 122 g/mol. The Bertz CT molecular complexity index is 78.8. The van der Waals surface area contributed by atoms with Crippen LogP contribution in [0.25, 0.3) is 0 Å². The normalized spacial score (nSPS) is 14.7. The lowest BCUT2D eigenvalue weighted by Gasteiger charge is -2.27. The van der Waals surface area contributed by atoms with Gasteiger partial charge in [-0.05, 0) is 32.9 Å². The highest BCUT2D eigenvalue weighted by Crippen LogP contribution is 2.07. The molecule has 10 heavy (non-hydrogen) atoms. The lowest BCUT2D eigenvalue weighted by molar-refractivity contribution is 0.208. The molecule has 0 rings (SSSR count). The van der Waals surface area contributed by atoms with Gasteiger partial charge in [0.1, 0.15) is 0 Å². The predicted octanol–water partition coefficient (Wildman–Crippen LogP) is 2.37. The molecule has 1 atom stereocenters.